The van der Waals surface area contributed by atoms with Crippen LogP contribution in [0.15, 0.2) is 46.0 Å². The number of nitrogens with one attached hydrogen (secondary N) is 2. The molecule has 2 fully saturated rings. The first-order chi connectivity index (χ1) is 14.0. The van der Waals surface area contributed by atoms with Gasteiger partial charge in [0, 0.05) is 6.42 Å². The topological polar surface area (TPSA) is 102 Å². The van der Waals surface area contributed by atoms with Gasteiger partial charge in [-0.15, -0.1) is 0 Å². The zero-order valence-electron chi connectivity index (χ0n) is 15.0. The fraction of sp³-hybridized carbons (Fsp3) is 0.158. The Balaban J connectivity index is 0.000000290. The SMILES string of the molecule is O=C1CSC(=O)N1.O=C1NC(=O)C(=Cc2ccc(OCCc3ccsc3)cc2)S1. The molecule has 10 heteroatoms. The summed E-state index contributed by atoms with van der Waals surface area (Å²) in [6.07, 6.45) is 2.58. The largest absolute Gasteiger partial charge is 0.493 e. The molecule has 0 aliphatic carbocycles. The lowest BCUT2D eigenvalue weighted by Crippen LogP contribution is -2.18. The predicted molar refractivity (Wildman–Crippen MR) is 115 cm³/mol. The molecule has 1 aromatic carbocycles. The van der Waals surface area contributed by atoms with Crippen LogP contribution in [0.2, 0.25) is 0 Å². The quantitative estimate of drug-likeness (QED) is 0.673. The van der Waals surface area contributed by atoms with Crippen LogP contribution in [-0.2, 0) is 16.0 Å². The molecular weight excluding hydrogens is 432 g/mol. The lowest BCUT2D eigenvalue weighted by atomic mass is 10.2. The Bertz CT molecular complexity index is 925. The number of hydrogen-bond donors (Lipinski definition) is 2. The molecule has 3 heterocycles. The molecule has 4 rings (SSSR count). The van der Waals surface area contributed by atoms with Crippen molar-refractivity contribution in [1.82, 2.24) is 10.6 Å². The molecule has 7 nitrogen and oxygen atoms in total. The van der Waals surface area contributed by atoms with Gasteiger partial charge >= 0.3 is 0 Å². The van der Waals surface area contributed by atoms with Crippen LogP contribution in [-0.4, -0.2) is 34.7 Å². The van der Waals surface area contributed by atoms with Gasteiger partial charge in [-0.25, -0.2) is 0 Å². The van der Waals surface area contributed by atoms with Crippen molar-refractivity contribution >= 4 is 63.2 Å². The molecule has 2 saturated heterocycles. The highest BCUT2D eigenvalue weighted by molar-refractivity contribution is 8.18. The Morgan fingerprint density at radius 2 is 1.79 bits per heavy atom. The third-order valence-electron chi connectivity index (χ3n) is 3.64. The third-order valence-corrected chi connectivity index (χ3v) is 5.95. The van der Waals surface area contributed by atoms with Gasteiger partial charge in [0.15, 0.2) is 0 Å². The lowest BCUT2D eigenvalue weighted by molar-refractivity contribution is -0.117. The Morgan fingerprint density at radius 3 is 2.31 bits per heavy atom. The van der Waals surface area contributed by atoms with Crippen molar-refractivity contribution in [2.24, 2.45) is 0 Å². The normalized spacial score (nSPS) is 17.0. The summed E-state index contributed by atoms with van der Waals surface area (Å²) >= 11 is 3.60. The molecule has 0 saturated carbocycles. The summed E-state index contributed by atoms with van der Waals surface area (Å²) in [5.41, 5.74) is 2.14. The fourth-order valence-corrected chi connectivity index (χ4v) is 4.18. The van der Waals surface area contributed by atoms with Crippen molar-refractivity contribution in [2.75, 3.05) is 12.4 Å². The minimum atomic E-state index is -0.342. The van der Waals surface area contributed by atoms with Crippen LogP contribution in [0.3, 0.4) is 0 Å². The van der Waals surface area contributed by atoms with Crippen molar-refractivity contribution in [1.29, 1.82) is 0 Å². The van der Waals surface area contributed by atoms with Crippen molar-refractivity contribution in [2.45, 2.75) is 6.42 Å². The van der Waals surface area contributed by atoms with Gasteiger partial charge in [-0.1, -0.05) is 23.9 Å². The van der Waals surface area contributed by atoms with Crippen molar-refractivity contribution < 1.29 is 23.9 Å². The highest BCUT2D eigenvalue weighted by Gasteiger charge is 2.24. The molecule has 2 aliphatic rings. The summed E-state index contributed by atoms with van der Waals surface area (Å²) < 4.78 is 5.69. The van der Waals surface area contributed by atoms with Crippen molar-refractivity contribution in [3.8, 4) is 5.75 Å². The number of thioether (sulfide) groups is 2. The standard InChI is InChI=1S/C16H13NO3S2.C3H3NO2S/c18-15-14(22-16(19)17-15)9-11-1-3-13(4-2-11)20-7-5-12-6-8-21-10-12;5-2-1-7-3(6)4-2/h1-4,6,8-10H,5,7H2,(H,17,18,19);1H2,(H,4,5,6). The smallest absolute Gasteiger partial charge is 0.290 e. The molecule has 29 heavy (non-hydrogen) atoms. The number of hydrogen-bond acceptors (Lipinski definition) is 8. The van der Waals surface area contributed by atoms with Gasteiger partial charge in [-0.05, 0) is 57.9 Å². The second-order valence-corrected chi connectivity index (χ2v) is 8.52. The van der Waals surface area contributed by atoms with Gasteiger partial charge in [0.25, 0.3) is 16.4 Å². The maximum atomic E-state index is 11.5. The van der Waals surface area contributed by atoms with Crippen LogP contribution in [0, 0.1) is 0 Å². The third kappa shape index (κ3) is 6.77. The van der Waals surface area contributed by atoms with E-state index in [1.807, 2.05) is 24.3 Å². The summed E-state index contributed by atoms with van der Waals surface area (Å²) in [7, 11) is 0. The zero-order valence-corrected chi connectivity index (χ0v) is 17.5. The van der Waals surface area contributed by atoms with E-state index in [1.165, 1.54) is 5.56 Å². The van der Waals surface area contributed by atoms with E-state index in [-0.39, 0.29) is 22.3 Å². The summed E-state index contributed by atoms with van der Waals surface area (Å²) in [6, 6.07) is 9.54. The van der Waals surface area contributed by atoms with Crippen LogP contribution in [0.5, 0.6) is 5.75 Å². The van der Waals surface area contributed by atoms with Crippen LogP contribution >= 0.6 is 34.9 Å². The average molecular weight is 449 g/mol. The number of imide groups is 2. The fourth-order valence-electron chi connectivity index (χ4n) is 2.27. The van der Waals surface area contributed by atoms with Gasteiger partial charge in [0.2, 0.25) is 5.91 Å². The maximum Gasteiger partial charge on any atom is 0.290 e. The Labute approximate surface area is 179 Å². The van der Waals surface area contributed by atoms with E-state index in [9.17, 15) is 19.2 Å². The minimum Gasteiger partial charge on any atom is -0.493 e. The van der Waals surface area contributed by atoms with Crippen molar-refractivity contribution in [3.63, 3.8) is 0 Å². The number of benzene rings is 1. The molecule has 150 valence electrons. The number of ether oxygens (including phenoxy) is 1. The molecule has 0 spiro atoms. The van der Waals surface area contributed by atoms with Gasteiger partial charge in [0.1, 0.15) is 5.75 Å². The predicted octanol–water partition coefficient (Wildman–Crippen LogP) is 3.66. The molecule has 0 atom stereocenters. The van der Waals surface area contributed by atoms with Gasteiger partial charge in [0.05, 0.1) is 17.3 Å². The average Bonchev–Trinajstić information content (AvgIpc) is 3.41. The molecule has 2 aliphatic heterocycles. The first kappa shape index (κ1) is 21.2. The van der Waals surface area contributed by atoms with Gasteiger partial charge < -0.3 is 4.74 Å². The number of rotatable bonds is 5. The Morgan fingerprint density at radius 1 is 1.00 bits per heavy atom. The molecule has 0 radical (unpaired) electrons. The van der Waals surface area contributed by atoms with E-state index in [0.717, 1.165) is 41.3 Å². The summed E-state index contributed by atoms with van der Waals surface area (Å²) in [4.78, 5) is 43.2. The molecule has 0 bridgehead atoms. The van der Waals surface area contributed by atoms with Crippen LogP contribution in [0.25, 0.3) is 6.08 Å². The van der Waals surface area contributed by atoms with Crippen LogP contribution < -0.4 is 15.4 Å². The number of amides is 4. The molecule has 4 amide bonds. The minimum absolute atomic E-state index is 0.185. The van der Waals surface area contributed by atoms with Gasteiger partial charge in [-0.3, -0.25) is 29.8 Å². The van der Waals surface area contributed by atoms with Crippen LogP contribution in [0.1, 0.15) is 11.1 Å². The second kappa shape index (κ2) is 10.3. The van der Waals surface area contributed by atoms with E-state index in [0.29, 0.717) is 17.3 Å². The maximum absolute atomic E-state index is 11.5. The first-order valence-corrected chi connectivity index (χ1v) is 11.2. The highest BCUT2D eigenvalue weighted by atomic mass is 32.2. The molecule has 0 unspecified atom stereocenters. The number of carbonyl (C=O) groups excluding carboxylic acids is 4. The Kier molecular flexibility index (Phi) is 7.50. The summed E-state index contributed by atoms with van der Waals surface area (Å²) in [6.45, 7) is 0.629. The second-order valence-electron chi connectivity index (χ2n) is 5.78. The molecule has 1 aromatic heterocycles. The van der Waals surface area contributed by atoms with Crippen molar-refractivity contribution in [3.05, 3.63) is 57.1 Å². The first-order valence-electron chi connectivity index (χ1n) is 8.45. The summed E-state index contributed by atoms with van der Waals surface area (Å²) in [5, 5.41) is 7.94. The van der Waals surface area contributed by atoms with E-state index in [4.69, 9.17) is 4.74 Å². The molecular formula is C19H16N2O5S3. The van der Waals surface area contributed by atoms with Gasteiger partial charge in [-0.2, -0.15) is 11.3 Å². The molecule has 2 aromatic rings. The Hall–Kier alpha value is -2.56. The van der Waals surface area contributed by atoms with E-state index in [2.05, 4.69) is 27.5 Å². The number of carbonyl (C=O) groups is 4. The number of thiophene rings is 1. The lowest BCUT2D eigenvalue weighted by Gasteiger charge is -2.05. The van der Waals surface area contributed by atoms with E-state index in [1.54, 1.807) is 17.4 Å². The highest BCUT2D eigenvalue weighted by Crippen LogP contribution is 2.26. The molecule has 2 N–H and O–H groups in total. The summed E-state index contributed by atoms with van der Waals surface area (Å²) in [5.74, 6) is 0.553. The van der Waals surface area contributed by atoms with E-state index < -0.39 is 0 Å². The zero-order chi connectivity index (χ0) is 20.6. The van der Waals surface area contributed by atoms with Crippen LogP contribution in [0.4, 0.5) is 9.59 Å². The monoisotopic (exact) mass is 448 g/mol. The van der Waals surface area contributed by atoms with E-state index >= 15 is 0 Å².